The van der Waals surface area contributed by atoms with Crippen LogP contribution in [0.2, 0.25) is 0 Å². The summed E-state index contributed by atoms with van der Waals surface area (Å²) in [7, 11) is 1.33. The first-order valence-electron chi connectivity index (χ1n) is 8.41. The molecule has 0 radical (unpaired) electrons. The van der Waals surface area contributed by atoms with Crippen LogP contribution in [0.4, 0.5) is 4.79 Å². The van der Waals surface area contributed by atoms with Gasteiger partial charge in [0.1, 0.15) is 0 Å². The summed E-state index contributed by atoms with van der Waals surface area (Å²) < 4.78 is 4.44. The summed E-state index contributed by atoms with van der Waals surface area (Å²) in [4.78, 5) is 24.2. The van der Waals surface area contributed by atoms with Crippen LogP contribution in [0.15, 0.2) is 0 Å². The fraction of sp³-hybridized carbons (Fsp3) is 0.875. The Morgan fingerprint density at radius 3 is 2.32 bits per heavy atom. The zero-order valence-electron chi connectivity index (χ0n) is 14.9. The van der Waals surface area contributed by atoms with Crippen LogP contribution < -0.4 is 5.32 Å². The molecule has 1 fully saturated rings. The van der Waals surface area contributed by atoms with E-state index in [1.54, 1.807) is 4.90 Å². The van der Waals surface area contributed by atoms with Crippen molar-refractivity contribution in [2.45, 2.75) is 65.9 Å². The summed E-state index contributed by atoms with van der Waals surface area (Å²) in [5.74, 6) is 0.118. The van der Waals surface area contributed by atoms with Crippen molar-refractivity contribution >= 4 is 12.0 Å². The number of hydrogen-bond donors (Lipinski definition) is 2. The lowest BCUT2D eigenvalue weighted by molar-refractivity contribution is -0.130. The van der Waals surface area contributed by atoms with Gasteiger partial charge < -0.3 is 20.1 Å². The van der Waals surface area contributed by atoms with Gasteiger partial charge in [0.15, 0.2) is 0 Å². The van der Waals surface area contributed by atoms with Crippen molar-refractivity contribution in [1.29, 1.82) is 0 Å². The normalized spacial score (nSPS) is 15.9. The minimum absolute atomic E-state index is 0.118. The van der Waals surface area contributed by atoms with Crippen LogP contribution >= 0.6 is 0 Å². The molecule has 0 bridgehead atoms. The number of alkyl carbamates (subject to hydrolysis) is 1. The molecule has 132 valence electrons. The van der Waals surface area contributed by atoms with Crippen molar-refractivity contribution in [3.8, 4) is 0 Å². The molecule has 1 atom stereocenters. The Morgan fingerprint density at radius 2 is 1.82 bits per heavy atom. The van der Waals surface area contributed by atoms with E-state index in [2.05, 4.69) is 10.1 Å². The number of nitrogens with zero attached hydrogens (tertiary/aromatic N) is 1. The third-order valence-corrected chi connectivity index (χ3v) is 3.04. The molecule has 0 aromatic carbocycles. The average molecular weight is 318 g/mol. The van der Waals surface area contributed by atoms with Crippen molar-refractivity contribution in [2.24, 2.45) is 0 Å². The molecule has 2 amide bonds. The number of ether oxygens (including phenoxy) is 1. The molecule has 0 aromatic rings. The predicted octanol–water partition coefficient (Wildman–Crippen LogP) is 2.55. The standard InChI is InChI=1S/C12H22N2O4.2C2H6/c1-18-12(17)13-7-4-2-3-5-11(16)14-8-6-10(15)9-14;2*1-2/h10,15H,2-9H2,1H3,(H,13,17);2*1-2H3/t10-;;/m1../s1. The first-order chi connectivity index (χ1) is 10.6. The summed E-state index contributed by atoms with van der Waals surface area (Å²) in [5, 5.41) is 11.9. The fourth-order valence-electron chi connectivity index (χ4n) is 1.97. The summed E-state index contributed by atoms with van der Waals surface area (Å²) in [5.41, 5.74) is 0. The number of likely N-dealkylation sites (tertiary alicyclic amines) is 1. The number of nitrogens with one attached hydrogen (secondary N) is 1. The van der Waals surface area contributed by atoms with Gasteiger partial charge in [0.05, 0.1) is 13.2 Å². The maximum Gasteiger partial charge on any atom is 0.406 e. The lowest BCUT2D eigenvalue weighted by Crippen LogP contribution is -2.29. The van der Waals surface area contributed by atoms with Gasteiger partial charge in [-0.05, 0) is 19.3 Å². The van der Waals surface area contributed by atoms with Crippen molar-refractivity contribution in [3.05, 3.63) is 0 Å². The molecule has 2 N–H and O–H groups in total. The molecule has 1 saturated heterocycles. The number of β-amino-alcohol motifs (C(OH)–C–C–N with tert-alkyl or cyclic N) is 1. The van der Waals surface area contributed by atoms with Gasteiger partial charge in [-0.3, -0.25) is 4.79 Å². The van der Waals surface area contributed by atoms with E-state index in [1.807, 2.05) is 27.7 Å². The Labute approximate surface area is 135 Å². The molecule has 0 unspecified atom stereocenters. The van der Waals surface area contributed by atoms with Crippen LogP contribution in [-0.4, -0.2) is 54.9 Å². The maximum absolute atomic E-state index is 11.7. The monoisotopic (exact) mass is 318 g/mol. The second-order valence-electron chi connectivity index (χ2n) is 4.51. The van der Waals surface area contributed by atoms with E-state index in [9.17, 15) is 14.7 Å². The van der Waals surface area contributed by atoms with Crippen molar-refractivity contribution in [1.82, 2.24) is 10.2 Å². The third kappa shape index (κ3) is 11.4. The zero-order valence-corrected chi connectivity index (χ0v) is 14.9. The largest absolute Gasteiger partial charge is 0.453 e. The lowest BCUT2D eigenvalue weighted by atomic mass is 10.2. The molecule has 0 aromatic heterocycles. The molecular weight excluding hydrogens is 284 g/mol. The van der Waals surface area contributed by atoms with Gasteiger partial charge in [-0.2, -0.15) is 0 Å². The number of aliphatic hydroxyl groups is 1. The Balaban J connectivity index is 0. The molecule has 6 heteroatoms. The zero-order chi connectivity index (χ0) is 17.4. The highest BCUT2D eigenvalue weighted by molar-refractivity contribution is 5.76. The predicted molar refractivity (Wildman–Crippen MR) is 88.8 cm³/mol. The summed E-state index contributed by atoms with van der Waals surface area (Å²) >= 11 is 0. The smallest absolute Gasteiger partial charge is 0.406 e. The van der Waals surface area contributed by atoms with E-state index >= 15 is 0 Å². The fourth-order valence-corrected chi connectivity index (χ4v) is 1.97. The first kappa shape index (κ1) is 23.0. The number of rotatable bonds is 6. The minimum Gasteiger partial charge on any atom is -0.453 e. The van der Waals surface area contributed by atoms with Crippen LogP contribution in [0.25, 0.3) is 0 Å². The number of carbonyl (C=O) groups is 2. The van der Waals surface area contributed by atoms with Crippen molar-refractivity contribution in [3.63, 3.8) is 0 Å². The minimum atomic E-state index is -0.419. The third-order valence-electron chi connectivity index (χ3n) is 3.04. The Kier molecular flexibility index (Phi) is 16.8. The van der Waals surface area contributed by atoms with Gasteiger partial charge in [0, 0.05) is 26.1 Å². The Bertz CT molecular complexity index is 285. The summed E-state index contributed by atoms with van der Waals surface area (Å²) in [6.07, 6.45) is 2.99. The number of unbranched alkanes of at least 4 members (excludes halogenated alkanes) is 2. The molecule has 22 heavy (non-hydrogen) atoms. The Morgan fingerprint density at radius 1 is 1.18 bits per heavy atom. The lowest BCUT2D eigenvalue weighted by Gasteiger charge is -2.15. The molecule has 1 heterocycles. The maximum atomic E-state index is 11.7. The molecule has 0 aliphatic carbocycles. The summed E-state index contributed by atoms with van der Waals surface area (Å²) in [6, 6.07) is 0. The van der Waals surface area contributed by atoms with E-state index < -0.39 is 6.09 Å². The molecule has 1 rings (SSSR count). The van der Waals surface area contributed by atoms with Crippen molar-refractivity contribution in [2.75, 3.05) is 26.7 Å². The molecule has 0 saturated carbocycles. The first-order valence-corrected chi connectivity index (χ1v) is 8.41. The van der Waals surface area contributed by atoms with Gasteiger partial charge in [-0.25, -0.2) is 4.79 Å². The highest BCUT2D eigenvalue weighted by Crippen LogP contribution is 2.11. The topological polar surface area (TPSA) is 78.9 Å². The van der Waals surface area contributed by atoms with E-state index in [-0.39, 0.29) is 12.0 Å². The number of amides is 2. The molecule has 6 nitrogen and oxygen atoms in total. The highest BCUT2D eigenvalue weighted by atomic mass is 16.5. The molecule has 1 aliphatic heterocycles. The Hall–Kier alpha value is -1.30. The SMILES string of the molecule is CC.CC.COC(=O)NCCCCCC(=O)N1CC[C@@H](O)C1. The second-order valence-corrected chi connectivity index (χ2v) is 4.51. The number of carbonyl (C=O) groups excluding carboxylic acids is 2. The van der Waals surface area contributed by atoms with Crippen molar-refractivity contribution < 1.29 is 19.4 Å². The highest BCUT2D eigenvalue weighted by Gasteiger charge is 2.23. The van der Waals surface area contributed by atoms with Gasteiger partial charge in [-0.15, -0.1) is 0 Å². The van der Waals surface area contributed by atoms with Crippen LogP contribution in [-0.2, 0) is 9.53 Å². The van der Waals surface area contributed by atoms with E-state index in [0.717, 1.165) is 19.3 Å². The van der Waals surface area contributed by atoms with Crippen LogP contribution in [0.5, 0.6) is 0 Å². The molecular formula is C16H34N2O4. The van der Waals surface area contributed by atoms with E-state index in [4.69, 9.17) is 0 Å². The number of hydrogen-bond acceptors (Lipinski definition) is 4. The molecule has 1 aliphatic rings. The van der Waals surface area contributed by atoms with E-state index in [0.29, 0.717) is 32.5 Å². The number of methoxy groups -OCH3 is 1. The second kappa shape index (κ2) is 16.1. The van der Waals surface area contributed by atoms with Gasteiger partial charge >= 0.3 is 6.09 Å². The van der Waals surface area contributed by atoms with E-state index in [1.165, 1.54) is 7.11 Å². The average Bonchev–Trinajstić information content (AvgIpc) is 3.00. The summed E-state index contributed by atoms with van der Waals surface area (Å²) in [6.45, 7) is 9.72. The van der Waals surface area contributed by atoms with Crippen LogP contribution in [0.1, 0.15) is 59.8 Å². The number of aliphatic hydroxyl groups excluding tert-OH is 1. The van der Waals surface area contributed by atoms with Gasteiger partial charge in [0.2, 0.25) is 5.91 Å². The van der Waals surface area contributed by atoms with Gasteiger partial charge in [0.25, 0.3) is 0 Å². The van der Waals surface area contributed by atoms with Crippen LogP contribution in [0.3, 0.4) is 0 Å². The molecule has 0 spiro atoms. The van der Waals surface area contributed by atoms with Crippen LogP contribution in [0, 0.1) is 0 Å². The van der Waals surface area contributed by atoms with Gasteiger partial charge in [-0.1, -0.05) is 34.1 Å². The quantitative estimate of drug-likeness (QED) is 0.738.